The van der Waals surface area contributed by atoms with Crippen LogP contribution in [0.3, 0.4) is 0 Å². The molecule has 4 N–H and O–H groups in total. The molecule has 0 aliphatic rings. The third kappa shape index (κ3) is 6.09. The van der Waals surface area contributed by atoms with Crippen LogP contribution in [0, 0.1) is 5.92 Å². The van der Waals surface area contributed by atoms with E-state index in [4.69, 9.17) is 5.73 Å². The third-order valence-electron chi connectivity index (χ3n) is 3.43. The maximum atomic E-state index is 12.4. The molecule has 0 aliphatic carbocycles. The standard InChI is InChI=1S/C15H21F2N3O3/c1-3-9(2)12(20-15(18)22)13(21)19-8-10-6-4-5-7-11(10)23-14(16)17/h4-7,9,12,14H,3,8H2,1-2H3,(H,19,21)(H3,18,20,22). The summed E-state index contributed by atoms with van der Waals surface area (Å²) in [7, 11) is 0. The van der Waals surface area contributed by atoms with E-state index in [2.05, 4.69) is 15.4 Å². The van der Waals surface area contributed by atoms with E-state index in [1.807, 2.05) is 6.92 Å². The number of nitrogens with two attached hydrogens (primary N) is 1. The van der Waals surface area contributed by atoms with Crippen molar-refractivity contribution < 1.29 is 23.1 Å². The Morgan fingerprint density at radius 2 is 1.96 bits per heavy atom. The molecule has 0 bridgehead atoms. The Balaban J connectivity index is 2.75. The fourth-order valence-corrected chi connectivity index (χ4v) is 2.01. The number of amides is 3. The minimum Gasteiger partial charge on any atom is -0.434 e. The van der Waals surface area contributed by atoms with Gasteiger partial charge in [0.1, 0.15) is 11.8 Å². The molecular weight excluding hydrogens is 308 g/mol. The van der Waals surface area contributed by atoms with Gasteiger partial charge in [0.25, 0.3) is 0 Å². The molecule has 0 aromatic heterocycles. The number of hydrogen-bond acceptors (Lipinski definition) is 3. The molecule has 0 saturated carbocycles. The molecule has 8 heteroatoms. The summed E-state index contributed by atoms with van der Waals surface area (Å²) in [5, 5.41) is 4.99. The first kappa shape index (κ1) is 18.7. The van der Waals surface area contributed by atoms with Crippen molar-refractivity contribution in [2.75, 3.05) is 0 Å². The van der Waals surface area contributed by atoms with E-state index < -0.39 is 24.6 Å². The number of hydrogen-bond donors (Lipinski definition) is 3. The Morgan fingerprint density at radius 3 is 2.52 bits per heavy atom. The molecule has 2 atom stereocenters. The zero-order valence-electron chi connectivity index (χ0n) is 13.0. The Morgan fingerprint density at radius 1 is 1.30 bits per heavy atom. The van der Waals surface area contributed by atoms with Crippen LogP contribution in [0.1, 0.15) is 25.8 Å². The second-order valence-electron chi connectivity index (χ2n) is 5.08. The molecule has 1 rings (SSSR count). The molecule has 1 aromatic rings. The lowest BCUT2D eigenvalue weighted by Crippen LogP contribution is -2.51. The summed E-state index contributed by atoms with van der Waals surface area (Å²) < 4.78 is 29.1. The Hall–Kier alpha value is -2.38. The number of benzene rings is 1. The Kier molecular flexibility index (Phi) is 7.24. The Labute approximate surface area is 133 Å². The first-order valence-electron chi connectivity index (χ1n) is 7.21. The normalized spacial score (nSPS) is 13.3. The summed E-state index contributed by atoms with van der Waals surface area (Å²) in [5.74, 6) is -0.578. The second-order valence-corrected chi connectivity index (χ2v) is 5.08. The van der Waals surface area contributed by atoms with Crippen LogP contribution < -0.4 is 21.1 Å². The zero-order valence-corrected chi connectivity index (χ0v) is 13.0. The molecule has 23 heavy (non-hydrogen) atoms. The van der Waals surface area contributed by atoms with Gasteiger partial charge in [0.2, 0.25) is 5.91 Å². The number of nitrogens with one attached hydrogen (secondary N) is 2. The van der Waals surface area contributed by atoms with Crippen molar-refractivity contribution in [3.05, 3.63) is 29.8 Å². The summed E-state index contributed by atoms with van der Waals surface area (Å²) >= 11 is 0. The number of carbonyl (C=O) groups is 2. The molecule has 0 spiro atoms. The highest BCUT2D eigenvalue weighted by atomic mass is 19.3. The van der Waals surface area contributed by atoms with Crippen molar-refractivity contribution in [3.8, 4) is 5.75 Å². The molecule has 0 fully saturated rings. The molecular formula is C15H21F2N3O3. The molecule has 0 aliphatic heterocycles. The van der Waals surface area contributed by atoms with Crippen molar-refractivity contribution in [1.82, 2.24) is 10.6 Å². The van der Waals surface area contributed by atoms with Crippen molar-refractivity contribution in [2.24, 2.45) is 11.7 Å². The number of primary amides is 1. The second kappa shape index (κ2) is 8.92. The average Bonchev–Trinajstić information content (AvgIpc) is 2.50. The number of urea groups is 1. The third-order valence-corrected chi connectivity index (χ3v) is 3.43. The highest BCUT2D eigenvalue weighted by molar-refractivity contribution is 5.86. The lowest BCUT2D eigenvalue weighted by Gasteiger charge is -2.22. The van der Waals surface area contributed by atoms with Crippen LogP contribution in [0.5, 0.6) is 5.75 Å². The van der Waals surface area contributed by atoms with Gasteiger partial charge in [0.15, 0.2) is 0 Å². The van der Waals surface area contributed by atoms with Gasteiger partial charge in [-0.15, -0.1) is 0 Å². The number of carbonyl (C=O) groups excluding carboxylic acids is 2. The molecule has 3 amide bonds. The zero-order chi connectivity index (χ0) is 17.4. The Bertz CT molecular complexity index is 540. The van der Waals surface area contributed by atoms with Crippen LogP contribution >= 0.6 is 0 Å². The lowest BCUT2D eigenvalue weighted by molar-refractivity contribution is -0.124. The van der Waals surface area contributed by atoms with E-state index in [0.717, 1.165) is 0 Å². The van der Waals surface area contributed by atoms with Crippen LogP contribution in [0.15, 0.2) is 24.3 Å². The van der Waals surface area contributed by atoms with E-state index in [1.165, 1.54) is 6.07 Å². The van der Waals surface area contributed by atoms with E-state index in [9.17, 15) is 18.4 Å². The van der Waals surface area contributed by atoms with E-state index in [0.29, 0.717) is 12.0 Å². The van der Waals surface area contributed by atoms with Crippen LogP contribution in [0.4, 0.5) is 13.6 Å². The lowest BCUT2D eigenvalue weighted by atomic mass is 9.98. The molecule has 0 radical (unpaired) electrons. The van der Waals surface area contributed by atoms with Crippen LogP contribution in [0.25, 0.3) is 0 Å². The number of alkyl halides is 2. The summed E-state index contributed by atoms with van der Waals surface area (Å²) in [4.78, 5) is 23.2. The summed E-state index contributed by atoms with van der Waals surface area (Å²) in [5.41, 5.74) is 5.48. The fourth-order valence-electron chi connectivity index (χ4n) is 2.01. The van der Waals surface area contributed by atoms with Gasteiger partial charge in [-0.2, -0.15) is 8.78 Å². The number of ether oxygens (including phenoxy) is 1. The average molecular weight is 329 g/mol. The van der Waals surface area contributed by atoms with Crippen molar-refractivity contribution in [3.63, 3.8) is 0 Å². The van der Waals surface area contributed by atoms with Gasteiger partial charge in [-0.3, -0.25) is 4.79 Å². The highest BCUT2D eigenvalue weighted by Gasteiger charge is 2.25. The van der Waals surface area contributed by atoms with E-state index >= 15 is 0 Å². The molecule has 0 saturated heterocycles. The van der Waals surface area contributed by atoms with E-state index in [1.54, 1.807) is 25.1 Å². The quantitative estimate of drug-likeness (QED) is 0.681. The number of halogens is 2. The van der Waals surface area contributed by atoms with Crippen LogP contribution in [0.2, 0.25) is 0 Å². The number of para-hydroxylation sites is 1. The summed E-state index contributed by atoms with van der Waals surface area (Å²) in [6.45, 7) is 0.721. The predicted molar refractivity (Wildman–Crippen MR) is 80.9 cm³/mol. The first-order chi connectivity index (χ1) is 10.8. The fraction of sp³-hybridized carbons (Fsp3) is 0.467. The van der Waals surface area contributed by atoms with Gasteiger partial charge in [0, 0.05) is 12.1 Å². The summed E-state index contributed by atoms with van der Waals surface area (Å²) in [6.07, 6.45) is 0.656. The summed E-state index contributed by atoms with van der Waals surface area (Å²) in [6, 6.07) is 4.57. The minimum atomic E-state index is -2.95. The molecule has 0 heterocycles. The molecule has 2 unspecified atom stereocenters. The topological polar surface area (TPSA) is 93.5 Å². The van der Waals surface area contributed by atoms with Gasteiger partial charge in [-0.05, 0) is 12.0 Å². The van der Waals surface area contributed by atoms with Crippen LogP contribution in [-0.2, 0) is 11.3 Å². The smallest absolute Gasteiger partial charge is 0.387 e. The molecule has 128 valence electrons. The predicted octanol–water partition coefficient (Wildman–Crippen LogP) is 1.99. The van der Waals surface area contributed by atoms with Gasteiger partial charge < -0.3 is 21.1 Å². The first-order valence-corrected chi connectivity index (χ1v) is 7.21. The maximum absolute atomic E-state index is 12.4. The number of rotatable bonds is 8. The largest absolute Gasteiger partial charge is 0.434 e. The maximum Gasteiger partial charge on any atom is 0.387 e. The SMILES string of the molecule is CCC(C)C(NC(N)=O)C(=O)NCc1ccccc1OC(F)F. The van der Waals surface area contributed by atoms with Crippen molar-refractivity contribution in [2.45, 2.75) is 39.5 Å². The van der Waals surface area contributed by atoms with Crippen molar-refractivity contribution >= 4 is 11.9 Å². The highest BCUT2D eigenvalue weighted by Crippen LogP contribution is 2.20. The van der Waals surface area contributed by atoms with Gasteiger partial charge in [-0.1, -0.05) is 38.5 Å². The monoisotopic (exact) mass is 329 g/mol. The van der Waals surface area contributed by atoms with Crippen LogP contribution in [-0.4, -0.2) is 24.6 Å². The molecule has 6 nitrogen and oxygen atoms in total. The van der Waals surface area contributed by atoms with Gasteiger partial charge in [-0.25, -0.2) is 4.79 Å². The minimum absolute atomic E-state index is 0.00486. The van der Waals surface area contributed by atoms with E-state index in [-0.39, 0.29) is 18.2 Å². The van der Waals surface area contributed by atoms with Gasteiger partial charge >= 0.3 is 12.6 Å². The van der Waals surface area contributed by atoms with Gasteiger partial charge in [0.05, 0.1) is 0 Å². The molecule has 1 aromatic carbocycles. The van der Waals surface area contributed by atoms with Crippen molar-refractivity contribution in [1.29, 1.82) is 0 Å².